The molecule has 0 saturated carbocycles. The first-order chi connectivity index (χ1) is 5.26. The zero-order valence-electron chi connectivity index (χ0n) is 7.16. The van der Waals surface area contributed by atoms with Crippen molar-refractivity contribution >= 4 is 0 Å². The van der Waals surface area contributed by atoms with Gasteiger partial charge in [0.2, 0.25) is 0 Å². The first-order valence-electron chi connectivity index (χ1n) is 3.83. The molecule has 2 heteroatoms. The van der Waals surface area contributed by atoms with Crippen molar-refractivity contribution in [2.75, 3.05) is 19.7 Å². The van der Waals surface area contributed by atoms with Crippen LogP contribution in [0.15, 0.2) is 25.3 Å². The van der Waals surface area contributed by atoms with Crippen molar-refractivity contribution in [3.05, 3.63) is 25.3 Å². The second-order valence-electron chi connectivity index (χ2n) is 2.56. The molecule has 1 N–H and O–H groups in total. The Morgan fingerprint density at radius 3 is 2.09 bits per heavy atom. The maximum Gasteiger partial charge on any atom is 0.0584 e. The molecular formula is C9H17NO. The van der Waals surface area contributed by atoms with Crippen molar-refractivity contribution in [2.45, 2.75) is 13.0 Å². The summed E-state index contributed by atoms with van der Waals surface area (Å²) < 4.78 is 0. The lowest BCUT2D eigenvalue weighted by Gasteiger charge is -2.24. The van der Waals surface area contributed by atoms with Gasteiger partial charge in [-0.1, -0.05) is 12.2 Å². The first-order valence-corrected chi connectivity index (χ1v) is 3.83. The summed E-state index contributed by atoms with van der Waals surface area (Å²) in [4.78, 5) is 2.10. The third-order valence-electron chi connectivity index (χ3n) is 1.61. The molecular weight excluding hydrogens is 138 g/mol. The van der Waals surface area contributed by atoms with Gasteiger partial charge < -0.3 is 5.11 Å². The number of nitrogens with zero attached hydrogens (tertiary/aromatic N) is 1. The SMILES string of the molecule is C=CCN(CC=C)C(C)CO. The van der Waals surface area contributed by atoms with Crippen LogP contribution in [0.4, 0.5) is 0 Å². The van der Waals surface area contributed by atoms with Crippen molar-refractivity contribution in [3.8, 4) is 0 Å². The van der Waals surface area contributed by atoms with Gasteiger partial charge in [-0.2, -0.15) is 0 Å². The lowest BCUT2D eigenvalue weighted by molar-refractivity contribution is 0.157. The molecule has 0 amide bonds. The molecule has 1 unspecified atom stereocenters. The molecule has 0 heterocycles. The number of hydrogen-bond donors (Lipinski definition) is 1. The van der Waals surface area contributed by atoms with Gasteiger partial charge >= 0.3 is 0 Å². The fourth-order valence-corrected chi connectivity index (χ4v) is 0.882. The molecule has 0 aromatic carbocycles. The minimum absolute atomic E-state index is 0.182. The van der Waals surface area contributed by atoms with E-state index in [2.05, 4.69) is 18.1 Å². The average Bonchev–Trinajstić information content (AvgIpc) is 2.03. The van der Waals surface area contributed by atoms with E-state index in [1.54, 1.807) is 0 Å². The van der Waals surface area contributed by atoms with Gasteiger partial charge in [0, 0.05) is 19.1 Å². The van der Waals surface area contributed by atoms with Crippen LogP contribution in [0.2, 0.25) is 0 Å². The molecule has 0 aliphatic heterocycles. The summed E-state index contributed by atoms with van der Waals surface area (Å²) in [6.45, 7) is 11.0. The van der Waals surface area contributed by atoms with Crippen molar-refractivity contribution in [2.24, 2.45) is 0 Å². The third kappa shape index (κ3) is 3.96. The summed E-state index contributed by atoms with van der Waals surface area (Å²) in [6.07, 6.45) is 3.66. The number of aliphatic hydroxyl groups excluding tert-OH is 1. The topological polar surface area (TPSA) is 23.5 Å². The number of aliphatic hydroxyl groups is 1. The highest BCUT2D eigenvalue weighted by atomic mass is 16.3. The Labute approximate surface area is 68.8 Å². The molecule has 0 aromatic rings. The Kier molecular flexibility index (Phi) is 5.80. The van der Waals surface area contributed by atoms with E-state index in [4.69, 9.17) is 5.11 Å². The largest absolute Gasteiger partial charge is 0.395 e. The van der Waals surface area contributed by atoms with Crippen LogP contribution in [0.3, 0.4) is 0 Å². The molecule has 0 aliphatic rings. The molecule has 0 saturated heterocycles. The Balaban J connectivity index is 3.84. The standard InChI is InChI=1S/C9H17NO/c1-4-6-10(7-5-2)9(3)8-11/h4-5,9,11H,1-2,6-8H2,3H3. The third-order valence-corrected chi connectivity index (χ3v) is 1.61. The van der Waals surface area contributed by atoms with Crippen LogP contribution in [0.1, 0.15) is 6.92 Å². The summed E-state index contributed by atoms with van der Waals surface area (Å²) in [5.41, 5.74) is 0. The summed E-state index contributed by atoms with van der Waals surface area (Å²) in [6, 6.07) is 0.186. The van der Waals surface area contributed by atoms with E-state index >= 15 is 0 Å². The van der Waals surface area contributed by atoms with E-state index in [0.717, 1.165) is 13.1 Å². The fraction of sp³-hybridized carbons (Fsp3) is 0.556. The highest BCUT2D eigenvalue weighted by Crippen LogP contribution is 1.97. The summed E-state index contributed by atoms with van der Waals surface area (Å²) in [7, 11) is 0. The average molecular weight is 155 g/mol. The normalized spacial score (nSPS) is 13.0. The van der Waals surface area contributed by atoms with E-state index in [9.17, 15) is 0 Å². The van der Waals surface area contributed by atoms with Gasteiger partial charge in [-0.25, -0.2) is 0 Å². The molecule has 2 nitrogen and oxygen atoms in total. The van der Waals surface area contributed by atoms with E-state index < -0.39 is 0 Å². The maximum absolute atomic E-state index is 8.85. The monoisotopic (exact) mass is 155 g/mol. The van der Waals surface area contributed by atoms with E-state index in [0.29, 0.717) is 0 Å². The van der Waals surface area contributed by atoms with Gasteiger partial charge in [0.05, 0.1) is 6.61 Å². The molecule has 0 fully saturated rings. The van der Waals surface area contributed by atoms with Crippen LogP contribution in [-0.2, 0) is 0 Å². The predicted octanol–water partition coefficient (Wildman–Crippen LogP) is 1.04. The fourth-order valence-electron chi connectivity index (χ4n) is 0.882. The van der Waals surface area contributed by atoms with Gasteiger partial charge in [0.25, 0.3) is 0 Å². The molecule has 0 aliphatic carbocycles. The van der Waals surface area contributed by atoms with Crippen molar-refractivity contribution in [1.29, 1.82) is 0 Å². The van der Waals surface area contributed by atoms with Crippen LogP contribution in [0.25, 0.3) is 0 Å². The molecule has 1 atom stereocenters. The summed E-state index contributed by atoms with van der Waals surface area (Å²) in [5.74, 6) is 0. The van der Waals surface area contributed by atoms with Crippen molar-refractivity contribution < 1.29 is 5.11 Å². The van der Waals surface area contributed by atoms with Crippen LogP contribution >= 0.6 is 0 Å². The van der Waals surface area contributed by atoms with Gasteiger partial charge in [0.15, 0.2) is 0 Å². The zero-order chi connectivity index (χ0) is 8.69. The van der Waals surface area contributed by atoms with E-state index in [1.807, 2.05) is 19.1 Å². The van der Waals surface area contributed by atoms with Crippen molar-refractivity contribution in [3.63, 3.8) is 0 Å². The Morgan fingerprint density at radius 2 is 1.82 bits per heavy atom. The Hall–Kier alpha value is -0.600. The lowest BCUT2D eigenvalue weighted by atomic mass is 10.3. The molecule has 0 radical (unpaired) electrons. The van der Waals surface area contributed by atoms with Crippen LogP contribution < -0.4 is 0 Å². The van der Waals surface area contributed by atoms with Gasteiger partial charge in [-0.3, -0.25) is 4.90 Å². The molecule has 0 bridgehead atoms. The number of hydrogen-bond acceptors (Lipinski definition) is 2. The second kappa shape index (κ2) is 6.13. The molecule has 0 spiro atoms. The van der Waals surface area contributed by atoms with Crippen LogP contribution in [0.5, 0.6) is 0 Å². The second-order valence-corrected chi connectivity index (χ2v) is 2.56. The maximum atomic E-state index is 8.85. The van der Waals surface area contributed by atoms with Crippen LogP contribution in [0, 0.1) is 0 Å². The lowest BCUT2D eigenvalue weighted by Crippen LogP contribution is -2.35. The summed E-state index contributed by atoms with van der Waals surface area (Å²) >= 11 is 0. The number of rotatable bonds is 6. The molecule has 11 heavy (non-hydrogen) atoms. The van der Waals surface area contributed by atoms with Gasteiger partial charge in [0.1, 0.15) is 0 Å². The highest BCUT2D eigenvalue weighted by Gasteiger charge is 2.08. The smallest absolute Gasteiger partial charge is 0.0584 e. The Morgan fingerprint density at radius 1 is 1.36 bits per heavy atom. The van der Waals surface area contributed by atoms with Crippen molar-refractivity contribution in [1.82, 2.24) is 4.90 Å². The quantitative estimate of drug-likeness (QED) is 0.579. The van der Waals surface area contributed by atoms with Crippen LogP contribution in [-0.4, -0.2) is 35.7 Å². The highest BCUT2D eigenvalue weighted by molar-refractivity contribution is 4.82. The Bertz CT molecular complexity index is 113. The minimum atomic E-state index is 0.182. The first kappa shape index (κ1) is 10.4. The predicted molar refractivity (Wildman–Crippen MR) is 48.5 cm³/mol. The zero-order valence-corrected chi connectivity index (χ0v) is 7.16. The molecule has 64 valence electrons. The molecule has 0 rings (SSSR count). The van der Waals surface area contributed by atoms with Gasteiger partial charge in [-0.05, 0) is 6.92 Å². The van der Waals surface area contributed by atoms with Gasteiger partial charge in [-0.15, -0.1) is 13.2 Å². The van der Waals surface area contributed by atoms with E-state index in [1.165, 1.54) is 0 Å². The molecule has 0 aromatic heterocycles. The van der Waals surface area contributed by atoms with E-state index in [-0.39, 0.29) is 12.6 Å². The minimum Gasteiger partial charge on any atom is -0.395 e. The summed E-state index contributed by atoms with van der Waals surface area (Å²) in [5, 5.41) is 8.85.